The first-order chi connectivity index (χ1) is 12.5. The molecule has 0 atom stereocenters. The van der Waals surface area contributed by atoms with Crippen molar-refractivity contribution in [1.29, 1.82) is 0 Å². The summed E-state index contributed by atoms with van der Waals surface area (Å²) in [6.07, 6.45) is 0.275. The number of hydrogen-bond acceptors (Lipinski definition) is 6. The van der Waals surface area contributed by atoms with Gasteiger partial charge in [0.2, 0.25) is 0 Å². The first-order valence-electron chi connectivity index (χ1n) is 8.68. The Labute approximate surface area is 153 Å². The molecule has 142 valence electrons. The van der Waals surface area contributed by atoms with Crippen LogP contribution >= 0.6 is 0 Å². The first kappa shape index (κ1) is 19.7. The Bertz CT molecular complexity index is 715. The quantitative estimate of drug-likeness (QED) is 0.593. The van der Waals surface area contributed by atoms with Gasteiger partial charge in [-0.15, -0.1) is 0 Å². The van der Waals surface area contributed by atoms with E-state index in [2.05, 4.69) is 50.5 Å². The second kappa shape index (κ2) is 9.76. The summed E-state index contributed by atoms with van der Waals surface area (Å²) in [5, 5.41) is 12.9. The lowest BCUT2D eigenvalue weighted by Gasteiger charge is -2.14. The van der Waals surface area contributed by atoms with Crippen LogP contribution in [0, 0.1) is 6.92 Å². The van der Waals surface area contributed by atoms with E-state index in [1.807, 2.05) is 19.1 Å². The molecule has 3 N–H and O–H groups in total. The van der Waals surface area contributed by atoms with E-state index < -0.39 is 6.09 Å². The Hall–Kier alpha value is -2.61. The predicted molar refractivity (Wildman–Crippen MR) is 99.6 cm³/mol. The van der Waals surface area contributed by atoms with E-state index in [1.54, 1.807) is 0 Å². The van der Waals surface area contributed by atoms with Crippen molar-refractivity contribution in [2.75, 3.05) is 25.6 Å². The molecule has 0 bridgehead atoms. The normalized spacial score (nSPS) is 10.8. The van der Waals surface area contributed by atoms with Gasteiger partial charge in [0, 0.05) is 24.9 Å². The fourth-order valence-corrected chi connectivity index (χ4v) is 2.44. The van der Waals surface area contributed by atoms with E-state index in [0.717, 1.165) is 28.6 Å². The van der Waals surface area contributed by atoms with Gasteiger partial charge in [0.15, 0.2) is 5.82 Å². The molecule has 2 rings (SSSR count). The molecule has 0 fully saturated rings. The van der Waals surface area contributed by atoms with Gasteiger partial charge in [-0.2, -0.15) is 5.10 Å². The van der Waals surface area contributed by atoms with Crippen LogP contribution in [0.4, 0.5) is 16.4 Å². The summed E-state index contributed by atoms with van der Waals surface area (Å²) in [6.45, 7) is 7.66. The number of rotatable bonds is 9. The molecule has 0 saturated carbocycles. The van der Waals surface area contributed by atoms with Crippen molar-refractivity contribution >= 4 is 17.7 Å². The standard InChI is InChI=1S/C18H27N5O3/c1-12(2)14-6-7-16(21-17-10-13(3)22-23-17)20-15(14)11-26-9-5-8-19-18(24)25-4/h6-7,10,12H,5,8-9,11H2,1-4H3,(H,19,24)(H2,20,21,22,23). The molecule has 1 amide bonds. The number of nitrogens with one attached hydrogen (secondary N) is 3. The van der Waals surface area contributed by atoms with Gasteiger partial charge in [-0.1, -0.05) is 19.9 Å². The highest BCUT2D eigenvalue weighted by Gasteiger charge is 2.10. The minimum atomic E-state index is -0.430. The van der Waals surface area contributed by atoms with Gasteiger partial charge in [-0.25, -0.2) is 9.78 Å². The molecule has 8 heteroatoms. The molecule has 2 heterocycles. The van der Waals surface area contributed by atoms with Crippen LogP contribution in [-0.2, 0) is 16.1 Å². The van der Waals surface area contributed by atoms with Crippen LogP contribution in [-0.4, -0.2) is 41.5 Å². The van der Waals surface area contributed by atoms with Crippen molar-refractivity contribution in [1.82, 2.24) is 20.5 Å². The van der Waals surface area contributed by atoms with Crippen LogP contribution in [0.25, 0.3) is 0 Å². The molecule has 0 unspecified atom stereocenters. The molecule has 2 aromatic rings. The summed E-state index contributed by atoms with van der Waals surface area (Å²) in [6, 6.07) is 5.93. The van der Waals surface area contributed by atoms with Crippen molar-refractivity contribution in [3.05, 3.63) is 35.2 Å². The second-order valence-corrected chi connectivity index (χ2v) is 6.27. The molecule has 0 aromatic carbocycles. The third-order valence-electron chi connectivity index (χ3n) is 3.75. The van der Waals surface area contributed by atoms with Crippen LogP contribution in [0.5, 0.6) is 0 Å². The largest absolute Gasteiger partial charge is 0.453 e. The molecule has 0 aliphatic heterocycles. The van der Waals surface area contributed by atoms with E-state index in [-0.39, 0.29) is 0 Å². The zero-order valence-corrected chi connectivity index (χ0v) is 15.8. The summed E-state index contributed by atoms with van der Waals surface area (Å²) in [5.74, 6) is 1.81. The number of nitrogens with zero attached hydrogens (tertiary/aromatic N) is 2. The number of anilines is 2. The Morgan fingerprint density at radius 1 is 1.31 bits per heavy atom. The number of carbonyl (C=O) groups is 1. The number of ether oxygens (including phenoxy) is 2. The number of aromatic nitrogens is 3. The Morgan fingerprint density at radius 3 is 2.77 bits per heavy atom. The molecular formula is C18H27N5O3. The number of amides is 1. The number of pyridine rings is 1. The number of carbonyl (C=O) groups excluding carboxylic acids is 1. The van der Waals surface area contributed by atoms with Gasteiger partial charge in [0.25, 0.3) is 0 Å². The Balaban J connectivity index is 1.91. The van der Waals surface area contributed by atoms with Crippen molar-refractivity contribution in [2.24, 2.45) is 0 Å². The van der Waals surface area contributed by atoms with E-state index in [1.165, 1.54) is 7.11 Å². The van der Waals surface area contributed by atoms with Crippen molar-refractivity contribution < 1.29 is 14.3 Å². The van der Waals surface area contributed by atoms with E-state index in [0.29, 0.717) is 32.1 Å². The van der Waals surface area contributed by atoms with Crippen LogP contribution in [0.1, 0.15) is 43.1 Å². The number of H-pyrrole nitrogens is 1. The fourth-order valence-electron chi connectivity index (χ4n) is 2.44. The molecule has 26 heavy (non-hydrogen) atoms. The number of alkyl carbamates (subject to hydrolysis) is 1. The van der Waals surface area contributed by atoms with Crippen LogP contribution in [0.2, 0.25) is 0 Å². The molecular weight excluding hydrogens is 334 g/mol. The molecule has 0 spiro atoms. The predicted octanol–water partition coefficient (Wildman–Crippen LogP) is 3.24. The summed E-state index contributed by atoms with van der Waals surface area (Å²) in [4.78, 5) is 15.7. The van der Waals surface area contributed by atoms with E-state index >= 15 is 0 Å². The van der Waals surface area contributed by atoms with E-state index in [4.69, 9.17) is 4.74 Å². The number of methoxy groups -OCH3 is 1. The van der Waals surface area contributed by atoms with Gasteiger partial charge < -0.3 is 20.1 Å². The average Bonchev–Trinajstić information content (AvgIpc) is 3.02. The second-order valence-electron chi connectivity index (χ2n) is 6.27. The van der Waals surface area contributed by atoms with Gasteiger partial charge in [0.1, 0.15) is 5.82 Å². The smallest absolute Gasteiger partial charge is 0.406 e. The summed E-state index contributed by atoms with van der Waals surface area (Å²) < 4.78 is 10.2. The Kier molecular flexibility index (Phi) is 7.40. The van der Waals surface area contributed by atoms with Gasteiger partial charge in [0.05, 0.1) is 19.4 Å². The zero-order valence-electron chi connectivity index (χ0n) is 15.8. The van der Waals surface area contributed by atoms with Crippen molar-refractivity contribution in [3.63, 3.8) is 0 Å². The average molecular weight is 361 g/mol. The van der Waals surface area contributed by atoms with Crippen LogP contribution in [0.3, 0.4) is 0 Å². The lowest BCUT2D eigenvalue weighted by atomic mass is 10.0. The molecule has 0 saturated heterocycles. The van der Waals surface area contributed by atoms with Crippen molar-refractivity contribution in [2.45, 2.75) is 39.7 Å². The molecule has 0 aliphatic carbocycles. The molecule has 8 nitrogen and oxygen atoms in total. The van der Waals surface area contributed by atoms with Crippen LogP contribution in [0.15, 0.2) is 18.2 Å². The SMILES string of the molecule is COC(=O)NCCCOCc1nc(Nc2cc(C)[nH]n2)ccc1C(C)C. The van der Waals surface area contributed by atoms with Crippen LogP contribution < -0.4 is 10.6 Å². The first-order valence-corrected chi connectivity index (χ1v) is 8.68. The molecule has 0 radical (unpaired) electrons. The highest BCUT2D eigenvalue weighted by Crippen LogP contribution is 2.22. The van der Waals surface area contributed by atoms with E-state index in [9.17, 15) is 4.79 Å². The minimum Gasteiger partial charge on any atom is -0.453 e. The lowest BCUT2D eigenvalue weighted by Crippen LogP contribution is -2.24. The zero-order chi connectivity index (χ0) is 18.9. The minimum absolute atomic E-state index is 0.351. The maximum atomic E-state index is 11.0. The van der Waals surface area contributed by atoms with Gasteiger partial charge in [-0.3, -0.25) is 5.10 Å². The third-order valence-corrected chi connectivity index (χ3v) is 3.75. The number of aromatic amines is 1. The molecule has 2 aromatic heterocycles. The summed E-state index contributed by atoms with van der Waals surface area (Å²) in [5.41, 5.74) is 3.04. The maximum Gasteiger partial charge on any atom is 0.406 e. The maximum absolute atomic E-state index is 11.0. The fraction of sp³-hybridized carbons (Fsp3) is 0.500. The summed E-state index contributed by atoms with van der Waals surface area (Å²) >= 11 is 0. The lowest BCUT2D eigenvalue weighted by molar-refractivity contribution is 0.114. The van der Waals surface area contributed by atoms with Gasteiger partial charge >= 0.3 is 6.09 Å². The summed E-state index contributed by atoms with van der Waals surface area (Å²) in [7, 11) is 1.34. The van der Waals surface area contributed by atoms with Gasteiger partial charge in [-0.05, 0) is 30.9 Å². The molecule has 0 aliphatic rings. The highest BCUT2D eigenvalue weighted by molar-refractivity contribution is 5.66. The monoisotopic (exact) mass is 361 g/mol. The highest BCUT2D eigenvalue weighted by atomic mass is 16.5. The number of hydrogen-bond donors (Lipinski definition) is 3. The topological polar surface area (TPSA) is 101 Å². The Morgan fingerprint density at radius 2 is 2.12 bits per heavy atom. The third kappa shape index (κ3) is 6.03. The number of aryl methyl sites for hydroxylation is 1. The van der Waals surface area contributed by atoms with Crippen molar-refractivity contribution in [3.8, 4) is 0 Å².